The van der Waals surface area contributed by atoms with Gasteiger partial charge in [0.1, 0.15) is 16.5 Å². The van der Waals surface area contributed by atoms with Gasteiger partial charge in [-0.15, -0.1) is 11.3 Å². The predicted octanol–water partition coefficient (Wildman–Crippen LogP) is 11.6. The largest absolute Gasteiger partial charge is 0.426 e. The van der Waals surface area contributed by atoms with E-state index in [9.17, 15) is 9.59 Å². The van der Waals surface area contributed by atoms with Crippen molar-refractivity contribution in [3.63, 3.8) is 0 Å². The average molecular weight is 782 g/mol. The highest BCUT2D eigenvalue weighted by molar-refractivity contribution is 14.1. The average Bonchev–Trinajstić information content (AvgIpc) is 3.57. The molecule has 0 unspecified atom stereocenters. The van der Waals surface area contributed by atoms with Crippen molar-refractivity contribution in [3.05, 3.63) is 42.5 Å². The molecule has 3 aromatic rings. The van der Waals surface area contributed by atoms with Gasteiger partial charge in [-0.05, 0) is 150 Å². The zero-order chi connectivity index (χ0) is 33.0. The molecule has 4 aliphatic rings. The maximum absolute atomic E-state index is 13.6. The third-order valence-electron chi connectivity index (χ3n) is 12.6. The summed E-state index contributed by atoms with van der Waals surface area (Å²) in [5.41, 5.74) is 1.62. The number of halogens is 1. The SMILES string of the molecule is CCC1CCC(C2CCC(C(=O)Oc3ccc(OC(=O)C4CCC(C5CCC(I)CC5)CC4)c(-c4nc5ccccc5s4)c3)CC2)CC1. The van der Waals surface area contributed by atoms with Crippen molar-refractivity contribution in [2.24, 2.45) is 41.4 Å². The molecule has 4 fully saturated rings. The van der Waals surface area contributed by atoms with E-state index in [2.05, 4.69) is 35.6 Å². The van der Waals surface area contributed by atoms with E-state index >= 15 is 0 Å². The fourth-order valence-electron chi connectivity index (χ4n) is 9.48. The van der Waals surface area contributed by atoms with Crippen LogP contribution in [0.5, 0.6) is 11.5 Å². The highest BCUT2D eigenvalue weighted by atomic mass is 127. The molecule has 1 heterocycles. The second-order valence-corrected chi connectivity index (χ2v) is 18.2. The Hall–Kier alpha value is -2.00. The Morgan fingerprint density at radius 1 is 0.708 bits per heavy atom. The molecule has 48 heavy (non-hydrogen) atoms. The minimum absolute atomic E-state index is 0.0524. The van der Waals surface area contributed by atoms with E-state index in [1.807, 2.05) is 24.3 Å². The Bertz CT molecular complexity index is 1510. The number of ether oxygens (including phenoxy) is 2. The van der Waals surface area contributed by atoms with E-state index in [1.165, 1.54) is 57.8 Å². The number of aromatic nitrogens is 1. The molecule has 0 saturated heterocycles. The lowest BCUT2D eigenvalue weighted by atomic mass is 9.69. The number of carbonyl (C=O) groups is 2. The van der Waals surface area contributed by atoms with Crippen LogP contribution in [0.15, 0.2) is 42.5 Å². The Balaban J connectivity index is 1.00. The van der Waals surface area contributed by atoms with Crippen molar-refractivity contribution in [1.82, 2.24) is 4.98 Å². The monoisotopic (exact) mass is 781 g/mol. The van der Waals surface area contributed by atoms with Gasteiger partial charge in [0.15, 0.2) is 0 Å². The molecule has 2 aromatic carbocycles. The summed E-state index contributed by atoms with van der Waals surface area (Å²) in [5, 5.41) is 0.768. The van der Waals surface area contributed by atoms with Gasteiger partial charge in [-0.25, -0.2) is 4.98 Å². The third-order valence-corrected chi connectivity index (χ3v) is 14.9. The van der Waals surface area contributed by atoms with Gasteiger partial charge in [-0.3, -0.25) is 9.59 Å². The van der Waals surface area contributed by atoms with E-state index in [4.69, 9.17) is 14.5 Å². The molecule has 7 heteroatoms. The molecule has 7 rings (SSSR count). The summed E-state index contributed by atoms with van der Waals surface area (Å²) in [5.74, 6) is 4.70. The number of hydrogen-bond acceptors (Lipinski definition) is 6. The highest BCUT2D eigenvalue weighted by Gasteiger charge is 2.35. The van der Waals surface area contributed by atoms with Crippen molar-refractivity contribution in [3.8, 4) is 22.1 Å². The van der Waals surface area contributed by atoms with Gasteiger partial charge in [0.25, 0.3) is 0 Å². The molecule has 1 aromatic heterocycles. The van der Waals surface area contributed by atoms with E-state index in [0.717, 1.165) is 100 Å². The lowest BCUT2D eigenvalue weighted by Crippen LogP contribution is -2.30. The molecule has 0 amide bonds. The number of alkyl halides is 1. The molecule has 4 aliphatic carbocycles. The third kappa shape index (κ3) is 8.14. The van der Waals surface area contributed by atoms with Gasteiger partial charge in [0, 0.05) is 3.92 Å². The molecule has 258 valence electrons. The number of benzene rings is 2. The fraction of sp³-hybridized carbons (Fsp3) is 0.634. The van der Waals surface area contributed by atoms with E-state index < -0.39 is 0 Å². The summed E-state index contributed by atoms with van der Waals surface area (Å²) >= 11 is 4.18. The van der Waals surface area contributed by atoms with Crippen LogP contribution < -0.4 is 9.47 Å². The summed E-state index contributed by atoms with van der Waals surface area (Å²) in [4.78, 5) is 31.9. The minimum Gasteiger partial charge on any atom is -0.426 e. The highest BCUT2D eigenvalue weighted by Crippen LogP contribution is 2.45. The lowest BCUT2D eigenvalue weighted by molar-refractivity contribution is -0.141. The van der Waals surface area contributed by atoms with Crippen molar-refractivity contribution < 1.29 is 19.1 Å². The van der Waals surface area contributed by atoms with Crippen LogP contribution in [-0.2, 0) is 9.59 Å². The van der Waals surface area contributed by atoms with Crippen LogP contribution in [-0.4, -0.2) is 20.8 Å². The minimum atomic E-state index is -0.142. The first-order valence-electron chi connectivity index (χ1n) is 19.0. The van der Waals surface area contributed by atoms with Crippen LogP contribution in [0.4, 0.5) is 0 Å². The van der Waals surface area contributed by atoms with Gasteiger partial charge in [-0.1, -0.05) is 60.9 Å². The van der Waals surface area contributed by atoms with Crippen LogP contribution in [0.3, 0.4) is 0 Å². The Morgan fingerprint density at radius 3 is 1.83 bits per heavy atom. The number of esters is 2. The lowest BCUT2D eigenvalue weighted by Gasteiger charge is -2.37. The predicted molar refractivity (Wildman–Crippen MR) is 203 cm³/mol. The van der Waals surface area contributed by atoms with Crippen LogP contribution in [0.1, 0.15) is 116 Å². The van der Waals surface area contributed by atoms with Gasteiger partial charge in [-0.2, -0.15) is 0 Å². The quantitative estimate of drug-likeness (QED) is 0.0985. The molecular weight excluding hydrogens is 729 g/mol. The Labute approximate surface area is 304 Å². The zero-order valence-corrected chi connectivity index (χ0v) is 31.5. The van der Waals surface area contributed by atoms with Crippen molar-refractivity contribution in [1.29, 1.82) is 0 Å². The maximum atomic E-state index is 13.6. The molecular formula is C41H52INO4S. The first kappa shape index (κ1) is 34.4. The van der Waals surface area contributed by atoms with Crippen LogP contribution >= 0.6 is 33.9 Å². The van der Waals surface area contributed by atoms with Gasteiger partial charge >= 0.3 is 11.9 Å². The van der Waals surface area contributed by atoms with Crippen molar-refractivity contribution in [2.75, 3.05) is 0 Å². The van der Waals surface area contributed by atoms with E-state index in [1.54, 1.807) is 23.5 Å². The first-order chi connectivity index (χ1) is 23.4. The second kappa shape index (κ2) is 15.9. The molecule has 0 aliphatic heterocycles. The molecule has 0 N–H and O–H groups in total. The van der Waals surface area contributed by atoms with Gasteiger partial charge < -0.3 is 9.47 Å². The smallest absolute Gasteiger partial charge is 0.314 e. The van der Waals surface area contributed by atoms with E-state index in [-0.39, 0.29) is 23.8 Å². The molecule has 0 radical (unpaired) electrons. The molecule has 0 spiro atoms. The molecule has 5 nitrogen and oxygen atoms in total. The molecule has 4 saturated carbocycles. The topological polar surface area (TPSA) is 65.5 Å². The summed E-state index contributed by atoms with van der Waals surface area (Å²) < 4.78 is 14.1. The number of fused-ring (bicyclic) bond motifs is 1. The Kier molecular flexibility index (Phi) is 11.4. The summed E-state index contributed by atoms with van der Waals surface area (Å²) in [6, 6.07) is 13.5. The van der Waals surface area contributed by atoms with Crippen LogP contribution in [0.2, 0.25) is 0 Å². The summed E-state index contributed by atoms with van der Waals surface area (Å²) in [6.07, 6.45) is 20.3. The number of thiazole rings is 1. The molecule has 0 atom stereocenters. The van der Waals surface area contributed by atoms with E-state index in [0.29, 0.717) is 17.1 Å². The fourth-order valence-corrected chi connectivity index (χ4v) is 11.2. The molecule has 0 bridgehead atoms. The van der Waals surface area contributed by atoms with Crippen LogP contribution in [0, 0.1) is 41.4 Å². The van der Waals surface area contributed by atoms with Gasteiger partial charge in [0.2, 0.25) is 0 Å². The number of rotatable bonds is 8. The normalized spacial score (nSPS) is 31.3. The number of nitrogens with zero attached hydrogens (tertiary/aromatic N) is 1. The van der Waals surface area contributed by atoms with Crippen molar-refractivity contribution in [2.45, 2.75) is 120 Å². The summed E-state index contributed by atoms with van der Waals surface area (Å²) in [7, 11) is 0. The zero-order valence-electron chi connectivity index (χ0n) is 28.5. The number of hydrogen-bond donors (Lipinski definition) is 0. The number of para-hydroxylation sites is 1. The van der Waals surface area contributed by atoms with Gasteiger partial charge in [0.05, 0.1) is 27.6 Å². The standard InChI is InChI=1S/C41H52INO4S/c1-2-26-7-9-27(10-8-26)28-11-15-31(16-12-28)40(44)46-34-23-24-37(35(25-34)39-43-36-5-3-4-6-38(36)48-39)47-41(45)32-17-13-29(14-18-32)30-19-21-33(42)22-20-30/h3-6,23-33H,2,7-22H2,1H3. The van der Waals surface area contributed by atoms with Crippen molar-refractivity contribution >= 4 is 56.1 Å². The second-order valence-electron chi connectivity index (χ2n) is 15.4. The number of carbonyl (C=O) groups excluding carboxylic acids is 2. The van der Waals surface area contributed by atoms with Crippen LogP contribution in [0.25, 0.3) is 20.8 Å². The maximum Gasteiger partial charge on any atom is 0.314 e. The summed E-state index contributed by atoms with van der Waals surface area (Å²) in [6.45, 7) is 2.33. The Morgan fingerprint density at radius 2 is 1.25 bits per heavy atom. The first-order valence-corrected chi connectivity index (χ1v) is 21.1.